The summed E-state index contributed by atoms with van der Waals surface area (Å²) in [5, 5.41) is 0.563. The van der Waals surface area contributed by atoms with E-state index in [1.54, 1.807) is 24.5 Å². The van der Waals surface area contributed by atoms with Crippen molar-refractivity contribution in [3.8, 4) is 5.75 Å². The zero-order chi connectivity index (χ0) is 24.2. The van der Waals surface area contributed by atoms with E-state index in [9.17, 15) is 9.18 Å². The fourth-order valence-electron chi connectivity index (χ4n) is 5.68. The van der Waals surface area contributed by atoms with Crippen LogP contribution in [0.25, 0.3) is 0 Å². The lowest BCUT2D eigenvalue weighted by atomic mass is 9.90. The van der Waals surface area contributed by atoms with Gasteiger partial charge in [-0.2, -0.15) is 0 Å². The van der Waals surface area contributed by atoms with Gasteiger partial charge < -0.3 is 14.5 Å². The van der Waals surface area contributed by atoms with E-state index >= 15 is 0 Å². The number of hydrogen-bond acceptors (Lipinski definition) is 5. The highest BCUT2D eigenvalue weighted by Gasteiger charge is 2.43. The topological polar surface area (TPSA) is 58.6 Å². The van der Waals surface area contributed by atoms with E-state index in [2.05, 4.69) is 14.9 Å². The number of amides is 1. The van der Waals surface area contributed by atoms with Gasteiger partial charge in [0.15, 0.2) is 0 Å². The average Bonchev–Trinajstić information content (AvgIpc) is 3.66. The molecule has 3 aliphatic rings. The van der Waals surface area contributed by atoms with Gasteiger partial charge in [-0.1, -0.05) is 17.7 Å². The summed E-state index contributed by atoms with van der Waals surface area (Å²) < 4.78 is 20.4. The Bertz CT molecular complexity index is 1010. The van der Waals surface area contributed by atoms with Gasteiger partial charge in [-0.25, -0.2) is 14.4 Å². The number of benzene rings is 1. The van der Waals surface area contributed by atoms with Crippen molar-refractivity contribution in [2.75, 3.05) is 37.7 Å². The maximum absolute atomic E-state index is 14.6. The number of halogens is 2. The van der Waals surface area contributed by atoms with Crippen LogP contribution in [0.1, 0.15) is 50.5 Å². The first-order chi connectivity index (χ1) is 17.1. The maximum atomic E-state index is 14.6. The van der Waals surface area contributed by atoms with Crippen molar-refractivity contribution < 1.29 is 13.9 Å². The first-order valence-corrected chi connectivity index (χ1v) is 13.4. The summed E-state index contributed by atoms with van der Waals surface area (Å²) >= 11 is 5.89. The normalized spacial score (nSPS) is 22.8. The van der Waals surface area contributed by atoms with Gasteiger partial charge in [0, 0.05) is 32.2 Å². The molecule has 0 bridgehead atoms. The van der Waals surface area contributed by atoms with Crippen LogP contribution >= 0.6 is 11.6 Å². The van der Waals surface area contributed by atoms with Crippen LogP contribution in [0.3, 0.4) is 0 Å². The molecule has 3 fully saturated rings. The maximum Gasteiger partial charge on any atom is 0.227 e. The summed E-state index contributed by atoms with van der Waals surface area (Å²) in [5.41, 5.74) is 0.450. The van der Waals surface area contributed by atoms with E-state index in [-0.39, 0.29) is 18.1 Å². The fourth-order valence-corrected chi connectivity index (χ4v) is 5.78. The Morgan fingerprint density at radius 3 is 2.54 bits per heavy atom. The number of anilines is 1. The van der Waals surface area contributed by atoms with Crippen molar-refractivity contribution >= 4 is 23.5 Å². The first kappa shape index (κ1) is 24.3. The number of aromatic nitrogens is 2. The molecule has 2 atom stereocenters. The molecule has 8 heteroatoms. The van der Waals surface area contributed by atoms with Gasteiger partial charge in [-0.05, 0) is 74.3 Å². The monoisotopic (exact) mass is 500 g/mol. The minimum absolute atomic E-state index is 0.0172. The molecule has 188 valence electrons. The highest BCUT2D eigenvalue weighted by Crippen LogP contribution is 2.49. The van der Waals surface area contributed by atoms with Gasteiger partial charge in [0.1, 0.15) is 11.6 Å². The van der Waals surface area contributed by atoms with E-state index in [4.69, 9.17) is 16.3 Å². The van der Waals surface area contributed by atoms with Crippen molar-refractivity contribution in [3.63, 3.8) is 0 Å². The summed E-state index contributed by atoms with van der Waals surface area (Å²) in [7, 11) is 0. The predicted molar refractivity (Wildman–Crippen MR) is 134 cm³/mol. The Morgan fingerprint density at radius 1 is 1.09 bits per heavy atom. The third-order valence-electron chi connectivity index (χ3n) is 7.84. The highest BCUT2D eigenvalue weighted by atomic mass is 35.5. The lowest BCUT2D eigenvalue weighted by Crippen LogP contribution is -2.36. The van der Waals surface area contributed by atoms with Crippen LogP contribution < -0.4 is 9.64 Å². The summed E-state index contributed by atoms with van der Waals surface area (Å²) in [6.45, 7) is 4.15. The Morgan fingerprint density at radius 2 is 1.83 bits per heavy atom. The van der Waals surface area contributed by atoms with Crippen molar-refractivity contribution in [1.82, 2.24) is 14.9 Å². The Hall–Kier alpha value is -2.41. The standard InChI is InChI=1S/C27H34ClFN4O2/c28-22-17-30-27(31-18-22)33-11-6-19(7-12-33)24-14-20(24)8-13-35-23-5-4-21(25(29)16-23)15-26(34)32-9-2-1-3-10-32/h4-5,16-20,24H,1-3,6-15H2/t20-,24-/m0/s1. The lowest BCUT2D eigenvalue weighted by molar-refractivity contribution is -0.131. The molecule has 1 saturated carbocycles. The number of hydrogen-bond donors (Lipinski definition) is 0. The van der Waals surface area contributed by atoms with Crippen molar-refractivity contribution in [2.45, 2.75) is 51.4 Å². The second-order valence-electron chi connectivity index (χ2n) is 10.2. The molecule has 2 saturated heterocycles. The van der Waals surface area contributed by atoms with Gasteiger partial charge >= 0.3 is 0 Å². The van der Waals surface area contributed by atoms with E-state index in [1.165, 1.54) is 18.9 Å². The third-order valence-corrected chi connectivity index (χ3v) is 8.04. The third kappa shape index (κ3) is 6.24. The van der Waals surface area contributed by atoms with Crippen molar-refractivity contribution in [1.29, 1.82) is 0 Å². The summed E-state index contributed by atoms with van der Waals surface area (Å²) in [6, 6.07) is 4.92. The van der Waals surface area contributed by atoms with Crippen LogP contribution in [-0.2, 0) is 11.2 Å². The van der Waals surface area contributed by atoms with E-state index in [0.29, 0.717) is 28.9 Å². The fraction of sp³-hybridized carbons (Fsp3) is 0.593. The molecule has 0 spiro atoms. The van der Waals surface area contributed by atoms with Crippen LogP contribution in [0.15, 0.2) is 30.6 Å². The number of piperidine rings is 2. The second kappa shape index (κ2) is 11.1. The minimum atomic E-state index is -0.353. The Balaban J connectivity index is 1.02. The van der Waals surface area contributed by atoms with Gasteiger partial charge in [-0.3, -0.25) is 4.79 Å². The molecule has 1 amide bonds. The molecule has 1 aromatic carbocycles. The zero-order valence-corrected chi connectivity index (χ0v) is 20.9. The SMILES string of the molecule is O=C(Cc1ccc(OCC[C@H]2C[C@H]2C2CCN(c3ncc(Cl)cn3)CC2)cc1F)N1CCCCC1. The van der Waals surface area contributed by atoms with Gasteiger partial charge in [0.2, 0.25) is 11.9 Å². The van der Waals surface area contributed by atoms with Gasteiger partial charge in [-0.15, -0.1) is 0 Å². The molecule has 35 heavy (non-hydrogen) atoms. The average molecular weight is 501 g/mol. The number of ether oxygens (including phenoxy) is 1. The zero-order valence-electron chi connectivity index (χ0n) is 20.2. The molecule has 0 radical (unpaired) electrons. The largest absolute Gasteiger partial charge is 0.493 e. The number of carbonyl (C=O) groups is 1. The molecule has 0 N–H and O–H groups in total. The van der Waals surface area contributed by atoms with Gasteiger partial charge in [0.25, 0.3) is 0 Å². The van der Waals surface area contributed by atoms with E-state index in [1.807, 2.05) is 4.90 Å². The summed E-state index contributed by atoms with van der Waals surface area (Å²) in [4.78, 5) is 25.2. The van der Waals surface area contributed by atoms with Crippen molar-refractivity contribution in [3.05, 3.63) is 47.0 Å². The Labute approximate surface area is 211 Å². The van der Waals surface area contributed by atoms with Crippen LogP contribution in [0.4, 0.5) is 10.3 Å². The molecular weight excluding hydrogens is 467 g/mol. The Kier molecular flexibility index (Phi) is 7.71. The second-order valence-corrected chi connectivity index (χ2v) is 10.6. The molecule has 6 nitrogen and oxygen atoms in total. The molecule has 0 unspecified atom stereocenters. The van der Waals surface area contributed by atoms with Crippen LogP contribution in [0.2, 0.25) is 5.02 Å². The summed E-state index contributed by atoms with van der Waals surface area (Å²) in [5.74, 6) is 3.19. The number of likely N-dealkylation sites (tertiary alicyclic amines) is 1. The van der Waals surface area contributed by atoms with Crippen LogP contribution in [0.5, 0.6) is 5.75 Å². The summed E-state index contributed by atoms with van der Waals surface area (Å²) in [6.07, 6.45) is 11.3. The van der Waals surface area contributed by atoms with Crippen LogP contribution in [0, 0.1) is 23.6 Å². The number of carbonyl (C=O) groups excluding carboxylic acids is 1. The lowest BCUT2D eigenvalue weighted by Gasteiger charge is -2.32. The molecule has 3 heterocycles. The molecule has 2 aromatic rings. The highest BCUT2D eigenvalue weighted by molar-refractivity contribution is 6.30. The van der Waals surface area contributed by atoms with Crippen LogP contribution in [-0.4, -0.2) is 53.6 Å². The first-order valence-electron chi connectivity index (χ1n) is 13.0. The molecule has 5 rings (SSSR count). The van der Waals surface area contributed by atoms with Gasteiger partial charge in [0.05, 0.1) is 30.4 Å². The molecule has 1 aliphatic carbocycles. The molecule has 1 aromatic heterocycles. The number of rotatable bonds is 8. The molecule has 2 aliphatic heterocycles. The number of nitrogens with zero attached hydrogens (tertiary/aromatic N) is 4. The smallest absolute Gasteiger partial charge is 0.227 e. The predicted octanol–water partition coefficient (Wildman–Crippen LogP) is 5.15. The van der Waals surface area contributed by atoms with E-state index < -0.39 is 0 Å². The minimum Gasteiger partial charge on any atom is -0.493 e. The quantitative estimate of drug-likeness (QED) is 0.502. The van der Waals surface area contributed by atoms with E-state index in [0.717, 1.165) is 76.1 Å². The van der Waals surface area contributed by atoms with Crippen molar-refractivity contribution in [2.24, 2.45) is 17.8 Å². The molecular formula is C27H34ClFN4O2.